The lowest BCUT2D eigenvalue weighted by Gasteiger charge is -2.26. The molecule has 0 saturated heterocycles. The smallest absolute Gasteiger partial charge is 0.143 e. The van der Waals surface area contributed by atoms with E-state index in [4.69, 9.17) is 4.52 Å². The summed E-state index contributed by atoms with van der Waals surface area (Å²) in [5.41, 5.74) is 5.15. The van der Waals surface area contributed by atoms with Gasteiger partial charge in [-0.05, 0) is 30.2 Å². The van der Waals surface area contributed by atoms with Crippen molar-refractivity contribution < 1.29 is 8.91 Å². The van der Waals surface area contributed by atoms with Crippen LogP contribution in [0.5, 0.6) is 0 Å². The quantitative estimate of drug-likeness (QED) is 0.579. The molecule has 0 spiro atoms. The average molecular weight is 361 g/mol. The first-order valence-electron chi connectivity index (χ1n) is 9.28. The lowest BCUT2D eigenvalue weighted by atomic mass is 10.0. The number of nitrogens with zero attached hydrogens (tertiary/aromatic N) is 2. The predicted octanol–water partition coefficient (Wildman–Crippen LogP) is 4.56. The number of halogens is 1. The van der Waals surface area contributed by atoms with Crippen molar-refractivity contribution in [2.24, 2.45) is 0 Å². The monoisotopic (exact) mass is 361 g/mol. The van der Waals surface area contributed by atoms with Crippen molar-refractivity contribution in [1.29, 1.82) is 0 Å². The Kier molecular flexibility index (Phi) is 4.02. The van der Waals surface area contributed by atoms with Gasteiger partial charge in [0, 0.05) is 54.3 Å². The topological polar surface area (TPSA) is 45.1 Å². The van der Waals surface area contributed by atoms with Gasteiger partial charge in [0.05, 0.1) is 0 Å². The highest BCUT2D eigenvalue weighted by Crippen LogP contribution is 2.30. The third-order valence-electron chi connectivity index (χ3n) is 5.38. The molecule has 0 radical (unpaired) electrons. The molecule has 0 saturated carbocycles. The molecule has 0 aliphatic carbocycles. The summed E-state index contributed by atoms with van der Waals surface area (Å²) < 4.78 is 19.1. The summed E-state index contributed by atoms with van der Waals surface area (Å²) in [6.07, 6.45) is 3.93. The summed E-state index contributed by atoms with van der Waals surface area (Å²) in [5, 5.41) is 5.51. The van der Waals surface area contributed by atoms with E-state index in [-0.39, 0.29) is 5.82 Å². The molecule has 1 N–H and O–H groups in total. The molecule has 0 unspecified atom stereocenters. The SMILES string of the molecule is Fc1cccc(-c2noc3c2CN(CCc2c[nH]c4ccccc24)CC3)c1. The zero-order valence-corrected chi connectivity index (χ0v) is 14.9. The van der Waals surface area contributed by atoms with Crippen molar-refractivity contribution in [2.75, 3.05) is 13.1 Å². The van der Waals surface area contributed by atoms with Crippen LogP contribution < -0.4 is 0 Å². The molecule has 2 aromatic heterocycles. The van der Waals surface area contributed by atoms with Gasteiger partial charge in [0.2, 0.25) is 0 Å². The van der Waals surface area contributed by atoms with E-state index in [9.17, 15) is 4.39 Å². The molecule has 4 aromatic rings. The summed E-state index contributed by atoms with van der Waals surface area (Å²) in [5.74, 6) is 0.675. The lowest BCUT2D eigenvalue weighted by Crippen LogP contribution is -2.31. The van der Waals surface area contributed by atoms with Crippen LogP contribution in [-0.2, 0) is 19.4 Å². The third-order valence-corrected chi connectivity index (χ3v) is 5.38. The zero-order chi connectivity index (χ0) is 18.2. The van der Waals surface area contributed by atoms with Crippen LogP contribution in [-0.4, -0.2) is 28.1 Å². The molecule has 1 aliphatic rings. The highest BCUT2D eigenvalue weighted by atomic mass is 19.1. The van der Waals surface area contributed by atoms with Gasteiger partial charge in [-0.15, -0.1) is 0 Å². The van der Waals surface area contributed by atoms with Crippen LogP contribution in [0.15, 0.2) is 59.3 Å². The van der Waals surface area contributed by atoms with Crippen molar-refractivity contribution in [3.8, 4) is 11.3 Å². The molecule has 0 amide bonds. The van der Waals surface area contributed by atoms with E-state index >= 15 is 0 Å². The van der Waals surface area contributed by atoms with Gasteiger partial charge in [0.1, 0.15) is 17.3 Å². The van der Waals surface area contributed by atoms with Crippen molar-refractivity contribution in [1.82, 2.24) is 15.0 Å². The Balaban J connectivity index is 1.34. The van der Waals surface area contributed by atoms with E-state index in [0.717, 1.165) is 55.1 Å². The van der Waals surface area contributed by atoms with Gasteiger partial charge in [-0.1, -0.05) is 35.5 Å². The van der Waals surface area contributed by atoms with Crippen LogP contribution in [0.4, 0.5) is 4.39 Å². The summed E-state index contributed by atoms with van der Waals surface area (Å²) in [7, 11) is 0. The third kappa shape index (κ3) is 3.04. The summed E-state index contributed by atoms with van der Waals surface area (Å²) in [6.45, 7) is 2.70. The number of nitrogens with one attached hydrogen (secondary N) is 1. The molecular weight excluding hydrogens is 341 g/mol. The molecule has 27 heavy (non-hydrogen) atoms. The van der Waals surface area contributed by atoms with E-state index < -0.39 is 0 Å². The first-order chi connectivity index (χ1) is 13.3. The fourth-order valence-electron chi connectivity index (χ4n) is 3.94. The van der Waals surface area contributed by atoms with Crippen molar-refractivity contribution in [2.45, 2.75) is 19.4 Å². The normalized spacial score (nSPS) is 14.6. The standard InChI is InChI=1S/C22H20FN3O/c23-17-5-3-4-15(12-17)22-19-14-26(11-9-21(19)27-25-22)10-8-16-13-24-20-7-2-1-6-18(16)20/h1-7,12-13,24H,8-11,14H2. The first-order valence-corrected chi connectivity index (χ1v) is 9.28. The van der Waals surface area contributed by atoms with E-state index in [0.29, 0.717) is 0 Å². The molecule has 5 rings (SSSR count). The molecule has 0 fully saturated rings. The number of aromatic amines is 1. The Hall–Kier alpha value is -2.92. The average Bonchev–Trinajstić information content (AvgIpc) is 3.30. The van der Waals surface area contributed by atoms with Crippen LogP contribution >= 0.6 is 0 Å². The molecule has 2 aromatic carbocycles. The molecule has 5 heteroatoms. The number of hydrogen-bond donors (Lipinski definition) is 1. The minimum absolute atomic E-state index is 0.253. The van der Waals surface area contributed by atoms with E-state index in [1.165, 1.54) is 28.6 Å². The highest BCUT2D eigenvalue weighted by Gasteiger charge is 2.25. The summed E-state index contributed by atoms with van der Waals surface area (Å²) >= 11 is 0. The maximum Gasteiger partial charge on any atom is 0.143 e. The second-order valence-electron chi connectivity index (χ2n) is 7.08. The summed E-state index contributed by atoms with van der Waals surface area (Å²) in [6, 6.07) is 15.0. The lowest BCUT2D eigenvalue weighted by molar-refractivity contribution is 0.239. The van der Waals surface area contributed by atoms with Gasteiger partial charge in [-0.2, -0.15) is 0 Å². The number of benzene rings is 2. The number of rotatable bonds is 4. The van der Waals surface area contributed by atoms with Crippen LogP contribution in [0.2, 0.25) is 0 Å². The molecule has 1 aliphatic heterocycles. The van der Waals surface area contributed by atoms with Crippen LogP contribution in [0.1, 0.15) is 16.9 Å². The van der Waals surface area contributed by atoms with Gasteiger partial charge in [-0.3, -0.25) is 4.90 Å². The van der Waals surface area contributed by atoms with E-state index in [2.05, 4.69) is 45.5 Å². The molecule has 136 valence electrons. The first kappa shape index (κ1) is 16.3. The largest absolute Gasteiger partial charge is 0.361 e. The number of hydrogen-bond acceptors (Lipinski definition) is 3. The van der Waals surface area contributed by atoms with Gasteiger partial charge in [0.25, 0.3) is 0 Å². The maximum atomic E-state index is 13.6. The van der Waals surface area contributed by atoms with Crippen molar-refractivity contribution >= 4 is 10.9 Å². The Morgan fingerprint density at radius 1 is 1.15 bits per heavy atom. The van der Waals surface area contributed by atoms with Gasteiger partial charge in [-0.25, -0.2) is 4.39 Å². The molecule has 4 nitrogen and oxygen atoms in total. The van der Waals surface area contributed by atoms with Crippen LogP contribution in [0.25, 0.3) is 22.2 Å². The second-order valence-corrected chi connectivity index (χ2v) is 7.08. The van der Waals surface area contributed by atoms with Crippen molar-refractivity contribution in [3.63, 3.8) is 0 Å². The second kappa shape index (κ2) is 6.67. The van der Waals surface area contributed by atoms with Gasteiger partial charge in [0.15, 0.2) is 0 Å². The minimum atomic E-state index is -0.253. The Morgan fingerprint density at radius 3 is 3.00 bits per heavy atom. The highest BCUT2D eigenvalue weighted by molar-refractivity contribution is 5.83. The molecule has 3 heterocycles. The fourth-order valence-corrected chi connectivity index (χ4v) is 3.94. The number of para-hydroxylation sites is 1. The zero-order valence-electron chi connectivity index (χ0n) is 14.9. The number of fused-ring (bicyclic) bond motifs is 2. The summed E-state index contributed by atoms with van der Waals surface area (Å²) in [4.78, 5) is 5.77. The molecular formula is C22H20FN3O. The Morgan fingerprint density at radius 2 is 2.07 bits per heavy atom. The number of H-pyrrole nitrogens is 1. The number of aromatic nitrogens is 2. The van der Waals surface area contributed by atoms with Crippen molar-refractivity contribution in [3.05, 3.63) is 77.4 Å². The maximum absolute atomic E-state index is 13.6. The van der Waals surface area contributed by atoms with E-state index in [1.807, 2.05) is 6.07 Å². The predicted molar refractivity (Wildman–Crippen MR) is 103 cm³/mol. The molecule has 0 atom stereocenters. The molecule has 0 bridgehead atoms. The van der Waals surface area contributed by atoms with E-state index in [1.54, 1.807) is 6.07 Å². The van der Waals surface area contributed by atoms with Gasteiger partial charge >= 0.3 is 0 Å². The Labute approximate surface area is 156 Å². The minimum Gasteiger partial charge on any atom is -0.361 e. The Bertz CT molecular complexity index is 1100. The van der Waals surface area contributed by atoms with Gasteiger partial charge < -0.3 is 9.51 Å². The van der Waals surface area contributed by atoms with Crippen LogP contribution in [0.3, 0.4) is 0 Å². The van der Waals surface area contributed by atoms with Crippen LogP contribution in [0, 0.1) is 5.82 Å². The fraction of sp³-hybridized carbons (Fsp3) is 0.227.